The number of nitrogens with zero attached hydrogens (tertiary/aromatic N) is 1. The zero-order valence-electron chi connectivity index (χ0n) is 16.5. The van der Waals surface area contributed by atoms with E-state index in [-0.39, 0.29) is 18.6 Å². The van der Waals surface area contributed by atoms with Gasteiger partial charge in [-0.25, -0.2) is 0 Å². The van der Waals surface area contributed by atoms with Crippen LogP contribution in [0.5, 0.6) is 11.5 Å². The van der Waals surface area contributed by atoms with Crippen LogP contribution in [-0.2, 0) is 16.0 Å². The number of nitrogens with two attached hydrogens (primary N) is 1. The Hall–Kier alpha value is -3.28. The van der Waals surface area contributed by atoms with Crippen LogP contribution in [0, 0.1) is 0 Å². The molecule has 0 aliphatic carbocycles. The standard InChI is InChI=1S/C23H26N2O4/c1-28-21-15-18(9-11-20(21)29-16-22(24)26)10-12-23(27)25-13-5-8-19(25)14-17-6-3-2-4-7-17/h2-4,6-7,9-12,15,19H,5,8,13-14,16H2,1H3,(H2,24,26)/b12-10+. The van der Waals surface area contributed by atoms with Crippen LogP contribution >= 0.6 is 0 Å². The molecule has 0 saturated carbocycles. The maximum Gasteiger partial charge on any atom is 0.255 e. The van der Waals surface area contributed by atoms with E-state index < -0.39 is 5.91 Å². The molecule has 1 saturated heterocycles. The lowest BCUT2D eigenvalue weighted by molar-refractivity contribution is -0.126. The monoisotopic (exact) mass is 394 g/mol. The summed E-state index contributed by atoms with van der Waals surface area (Å²) in [5, 5.41) is 0. The molecular formula is C23H26N2O4. The minimum absolute atomic E-state index is 0.0106. The summed E-state index contributed by atoms with van der Waals surface area (Å²) in [7, 11) is 1.52. The third kappa shape index (κ3) is 5.60. The molecule has 1 unspecified atom stereocenters. The van der Waals surface area contributed by atoms with Gasteiger partial charge in [-0.05, 0) is 48.6 Å². The highest BCUT2D eigenvalue weighted by molar-refractivity contribution is 5.92. The number of primary amides is 1. The van der Waals surface area contributed by atoms with Crippen molar-refractivity contribution < 1.29 is 19.1 Å². The van der Waals surface area contributed by atoms with Crippen molar-refractivity contribution in [3.63, 3.8) is 0 Å². The summed E-state index contributed by atoms with van der Waals surface area (Å²) in [4.78, 5) is 25.6. The van der Waals surface area contributed by atoms with E-state index in [0.717, 1.165) is 31.4 Å². The zero-order valence-corrected chi connectivity index (χ0v) is 16.5. The van der Waals surface area contributed by atoms with Gasteiger partial charge in [0, 0.05) is 18.7 Å². The Morgan fingerprint density at radius 2 is 1.97 bits per heavy atom. The Morgan fingerprint density at radius 3 is 2.69 bits per heavy atom. The summed E-state index contributed by atoms with van der Waals surface area (Å²) >= 11 is 0. The molecule has 1 fully saturated rings. The van der Waals surface area contributed by atoms with Crippen LogP contribution in [0.3, 0.4) is 0 Å². The molecule has 2 aromatic carbocycles. The molecule has 1 aliphatic rings. The minimum Gasteiger partial charge on any atom is -0.493 e. The van der Waals surface area contributed by atoms with E-state index in [1.54, 1.807) is 30.4 Å². The van der Waals surface area contributed by atoms with Gasteiger partial charge in [-0.15, -0.1) is 0 Å². The number of ether oxygens (including phenoxy) is 2. The van der Waals surface area contributed by atoms with E-state index in [1.165, 1.54) is 12.7 Å². The highest BCUT2D eigenvalue weighted by Gasteiger charge is 2.27. The normalized spacial score (nSPS) is 16.2. The molecule has 1 heterocycles. The predicted molar refractivity (Wildman–Crippen MR) is 112 cm³/mol. The Kier molecular flexibility index (Phi) is 6.89. The van der Waals surface area contributed by atoms with Gasteiger partial charge in [0.15, 0.2) is 18.1 Å². The third-order valence-corrected chi connectivity index (χ3v) is 4.95. The largest absolute Gasteiger partial charge is 0.493 e. The van der Waals surface area contributed by atoms with Crippen LogP contribution in [0.2, 0.25) is 0 Å². The Balaban J connectivity index is 1.65. The number of methoxy groups -OCH3 is 1. The van der Waals surface area contributed by atoms with Crippen molar-refractivity contribution in [3.05, 3.63) is 65.7 Å². The van der Waals surface area contributed by atoms with Gasteiger partial charge in [0.05, 0.1) is 7.11 Å². The van der Waals surface area contributed by atoms with Gasteiger partial charge in [-0.1, -0.05) is 36.4 Å². The predicted octanol–water partition coefficient (Wildman–Crippen LogP) is 2.81. The molecule has 29 heavy (non-hydrogen) atoms. The van der Waals surface area contributed by atoms with Crippen LogP contribution < -0.4 is 15.2 Å². The maximum atomic E-state index is 12.7. The second-order valence-corrected chi connectivity index (χ2v) is 7.02. The van der Waals surface area contributed by atoms with E-state index in [1.807, 2.05) is 23.1 Å². The Labute approximate surface area is 170 Å². The molecule has 1 atom stereocenters. The summed E-state index contributed by atoms with van der Waals surface area (Å²) in [6, 6.07) is 15.7. The van der Waals surface area contributed by atoms with Crippen molar-refractivity contribution >= 4 is 17.9 Å². The molecule has 1 aliphatic heterocycles. The van der Waals surface area contributed by atoms with Crippen molar-refractivity contribution in [2.24, 2.45) is 5.73 Å². The van der Waals surface area contributed by atoms with Crippen LogP contribution in [0.25, 0.3) is 6.08 Å². The number of benzene rings is 2. The lowest BCUT2D eigenvalue weighted by Gasteiger charge is -2.23. The van der Waals surface area contributed by atoms with Gasteiger partial charge in [0.25, 0.3) is 5.91 Å². The van der Waals surface area contributed by atoms with E-state index in [4.69, 9.17) is 15.2 Å². The minimum atomic E-state index is -0.558. The number of rotatable bonds is 8. The summed E-state index contributed by atoms with van der Waals surface area (Å²) in [5.74, 6) is 0.356. The fourth-order valence-electron chi connectivity index (χ4n) is 3.54. The van der Waals surface area contributed by atoms with Gasteiger partial charge in [-0.2, -0.15) is 0 Å². The van der Waals surface area contributed by atoms with Gasteiger partial charge >= 0.3 is 0 Å². The Bertz CT molecular complexity index is 880. The first-order chi connectivity index (χ1) is 14.1. The highest BCUT2D eigenvalue weighted by Crippen LogP contribution is 2.29. The molecule has 3 rings (SSSR count). The molecular weight excluding hydrogens is 368 g/mol. The fourth-order valence-corrected chi connectivity index (χ4v) is 3.54. The summed E-state index contributed by atoms with van der Waals surface area (Å²) in [6.07, 6.45) is 6.29. The number of hydrogen-bond donors (Lipinski definition) is 1. The first-order valence-electron chi connectivity index (χ1n) is 9.68. The van der Waals surface area contributed by atoms with Crippen LogP contribution in [0.1, 0.15) is 24.0 Å². The average Bonchev–Trinajstić information content (AvgIpc) is 3.19. The molecule has 0 bridgehead atoms. The quantitative estimate of drug-likeness (QED) is 0.698. The molecule has 0 aromatic heterocycles. The van der Waals surface area contributed by atoms with Crippen molar-refractivity contribution in [3.8, 4) is 11.5 Å². The third-order valence-electron chi connectivity index (χ3n) is 4.95. The molecule has 6 nitrogen and oxygen atoms in total. The number of carbonyl (C=O) groups is 2. The van der Waals surface area contributed by atoms with Crippen LogP contribution in [0.4, 0.5) is 0 Å². The molecule has 0 radical (unpaired) electrons. The number of hydrogen-bond acceptors (Lipinski definition) is 4. The van der Waals surface area contributed by atoms with E-state index in [0.29, 0.717) is 11.5 Å². The SMILES string of the molecule is COc1cc(/C=C/C(=O)N2CCCC2Cc2ccccc2)ccc1OCC(N)=O. The molecule has 2 amide bonds. The van der Waals surface area contributed by atoms with Crippen molar-refractivity contribution in [2.75, 3.05) is 20.3 Å². The zero-order chi connectivity index (χ0) is 20.6. The lowest BCUT2D eigenvalue weighted by Crippen LogP contribution is -2.35. The lowest BCUT2D eigenvalue weighted by atomic mass is 10.0. The van der Waals surface area contributed by atoms with E-state index in [2.05, 4.69) is 12.1 Å². The topological polar surface area (TPSA) is 81.9 Å². The molecule has 6 heteroatoms. The van der Waals surface area contributed by atoms with Gasteiger partial charge < -0.3 is 20.1 Å². The van der Waals surface area contributed by atoms with Crippen molar-refractivity contribution in [1.29, 1.82) is 0 Å². The summed E-state index contributed by atoms with van der Waals surface area (Å²) in [6.45, 7) is 0.561. The van der Waals surface area contributed by atoms with Crippen molar-refractivity contribution in [1.82, 2.24) is 4.90 Å². The highest BCUT2D eigenvalue weighted by atomic mass is 16.5. The van der Waals surface area contributed by atoms with Gasteiger partial charge in [0.2, 0.25) is 5.91 Å². The summed E-state index contributed by atoms with van der Waals surface area (Å²) < 4.78 is 10.6. The fraction of sp³-hybridized carbons (Fsp3) is 0.304. The molecule has 152 valence electrons. The maximum absolute atomic E-state index is 12.7. The van der Waals surface area contributed by atoms with Gasteiger partial charge in [-0.3, -0.25) is 9.59 Å². The van der Waals surface area contributed by atoms with E-state index >= 15 is 0 Å². The smallest absolute Gasteiger partial charge is 0.255 e. The second-order valence-electron chi connectivity index (χ2n) is 7.02. The van der Waals surface area contributed by atoms with Crippen LogP contribution in [0.15, 0.2) is 54.6 Å². The average molecular weight is 394 g/mol. The number of likely N-dealkylation sites (tertiary alicyclic amines) is 1. The first-order valence-corrected chi connectivity index (χ1v) is 9.68. The first kappa shape index (κ1) is 20.5. The van der Waals surface area contributed by atoms with Gasteiger partial charge in [0.1, 0.15) is 0 Å². The van der Waals surface area contributed by atoms with E-state index in [9.17, 15) is 9.59 Å². The number of carbonyl (C=O) groups excluding carboxylic acids is 2. The summed E-state index contributed by atoms with van der Waals surface area (Å²) in [5.41, 5.74) is 7.16. The molecule has 2 aromatic rings. The Morgan fingerprint density at radius 1 is 1.17 bits per heavy atom. The molecule has 0 spiro atoms. The number of amides is 2. The van der Waals surface area contributed by atoms with Crippen molar-refractivity contribution in [2.45, 2.75) is 25.3 Å². The van der Waals surface area contributed by atoms with Crippen LogP contribution in [-0.4, -0.2) is 43.0 Å². The molecule has 2 N–H and O–H groups in total. The second kappa shape index (κ2) is 9.78.